The van der Waals surface area contributed by atoms with E-state index in [0.717, 1.165) is 25.6 Å². The molecule has 37 heavy (non-hydrogen) atoms. The monoisotopic (exact) mass is 519 g/mol. The summed E-state index contributed by atoms with van der Waals surface area (Å²) in [4.78, 5) is 23.2. The normalized spacial score (nSPS) is 14.9. The number of carbonyl (C=O) groups is 1. The van der Waals surface area contributed by atoms with E-state index in [9.17, 15) is 31.1 Å². The van der Waals surface area contributed by atoms with E-state index in [-0.39, 0.29) is 16.6 Å². The van der Waals surface area contributed by atoms with Crippen LogP contribution in [0.25, 0.3) is 11.0 Å². The van der Waals surface area contributed by atoms with Crippen molar-refractivity contribution in [3.8, 4) is 0 Å². The zero-order chi connectivity index (χ0) is 26.4. The van der Waals surface area contributed by atoms with Crippen LogP contribution in [0.1, 0.15) is 34.1 Å². The predicted molar refractivity (Wildman–Crippen MR) is 124 cm³/mol. The van der Waals surface area contributed by atoms with Crippen LogP contribution in [0.5, 0.6) is 0 Å². The molecule has 1 saturated heterocycles. The summed E-state index contributed by atoms with van der Waals surface area (Å²) >= 11 is 0. The maximum Gasteiger partial charge on any atom is 0.417 e. The number of fused-ring (bicyclic) bond motifs is 1. The van der Waals surface area contributed by atoms with Crippen molar-refractivity contribution in [3.05, 3.63) is 83.8 Å². The van der Waals surface area contributed by atoms with Crippen LogP contribution in [0.2, 0.25) is 0 Å². The lowest BCUT2D eigenvalue weighted by Gasteiger charge is -2.31. The quantitative estimate of drug-likeness (QED) is 0.326. The Labute approximate surface area is 206 Å². The average molecular weight is 519 g/mol. The second kappa shape index (κ2) is 9.09. The highest BCUT2D eigenvalue weighted by atomic mass is 19.4. The molecule has 1 fully saturated rings. The molecule has 12 heteroatoms. The minimum absolute atomic E-state index is 0.205. The molecular weight excluding hydrogens is 500 g/mol. The van der Waals surface area contributed by atoms with Gasteiger partial charge in [0.15, 0.2) is 6.04 Å². The Balaban J connectivity index is 1.61. The fraction of sp³-hybridized carbons (Fsp3) is 0.240. The van der Waals surface area contributed by atoms with E-state index in [0.29, 0.717) is 22.6 Å². The number of alkyl halides is 6. The van der Waals surface area contributed by atoms with Crippen LogP contribution in [-0.4, -0.2) is 39.7 Å². The van der Waals surface area contributed by atoms with Crippen LogP contribution >= 0.6 is 0 Å². The molecule has 0 aliphatic carbocycles. The molecule has 1 atom stereocenters. The van der Waals surface area contributed by atoms with Crippen molar-refractivity contribution < 1.29 is 31.1 Å². The number of hydrogen-bond acceptors (Lipinski definition) is 4. The molecule has 0 bridgehead atoms. The summed E-state index contributed by atoms with van der Waals surface area (Å²) < 4.78 is 83.7. The molecule has 192 valence electrons. The van der Waals surface area contributed by atoms with Crippen molar-refractivity contribution in [1.82, 2.24) is 14.5 Å². The van der Waals surface area contributed by atoms with Crippen LogP contribution in [0.4, 0.5) is 37.8 Å². The zero-order valence-corrected chi connectivity index (χ0v) is 19.0. The number of pyridine rings is 2. The number of anilines is 2. The topological polar surface area (TPSA) is 63.1 Å². The second-order valence-electron chi connectivity index (χ2n) is 8.59. The molecule has 4 aromatic rings. The minimum Gasteiger partial charge on any atom is -0.356 e. The molecule has 1 aliphatic heterocycles. The first kappa shape index (κ1) is 24.6. The molecule has 1 aliphatic rings. The van der Waals surface area contributed by atoms with Crippen LogP contribution in [0.15, 0.2) is 67.0 Å². The van der Waals surface area contributed by atoms with Gasteiger partial charge >= 0.3 is 12.4 Å². The van der Waals surface area contributed by atoms with Crippen molar-refractivity contribution >= 4 is 28.4 Å². The Morgan fingerprint density at radius 1 is 0.919 bits per heavy atom. The lowest BCUT2D eigenvalue weighted by atomic mass is 10.1. The second-order valence-corrected chi connectivity index (χ2v) is 8.59. The van der Waals surface area contributed by atoms with Crippen molar-refractivity contribution in [2.75, 3.05) is 23.3 Å². The molecule has 1 N–H and O–H groups in total. The highest BCUT2D eigenvalue weighted by Gasteiger charge is 2.45. The summed E-state index contributed by atoms with van der Waals surface area (Å²) in [5.74, 6) is -0.251. The molecule has 0 spiro atoms. The molecule has 3 aromatic heterocycles. The summed E-state index contributed by atoms with van der Waals surface area (Å²) in [6.07, 6.45) is -6.80. The highest BCUT2D eigenvalue weighted by molar-refractivity contribution is 6.06. The summed E-state index contributed by atoms with van der Waals surface area (Å²) in [6.45, 7) is 1.70. The Kier molecular flexibility index (Phi) is 6.04. The molecular formula is C25H19F6N5O. The summed E-state index contributed by atoms with van der Waals surface area (Å²) in [5.41, 5.74) is -2.03. The Morgan fingerprint density at radius 3 is 2.22 bits per heavy atom. The minimum atomic E-state index is -4.90. The SMILES string of the molecule is O=C(Nc1ccc(N2CCC2)nc1)c1cc2cc(C(F)(F)F)cnc2n1C(c1ccccc1)C(F)(F)F. The third-order valence-corrected chi connectivity index (χ3v) is 6.10. The van der Waals surface area contributed by atoms with E-state index in [1.54, 1.807) is 12.1 Å². The first-order valence-electron chi connectivity index (χ1n) is 11.2. The molecule has 0 radical (unpaired) electrons. The number of nitrogens with one attached hydrogen (secondary N) is 1. The van der Waals surface area contributed by atoms with E-state index in [4.69, 9.17) is 0 Å². The van der Waals surface area contributed by atoms with Gasteiger partial charge in [-0.2, -0.15) is 26.3 Å². The molecule has 5 rings (SSSR count). The third-order valence-electron chi connectivity index (χ3n) is 6.10. The van der Waals surface area contributed by atoms with Crippen molar-refractivity contribution in [2.45, 2.75) is 24.8 Å². The van der Waals surface area contributed by atoms with Crippen LogP contribution < -0.4 is 10.2 Å². The first-order chi connectivity index (χ1) is 17.5. The van der Waals surface area contributed by atoms with Gasteiger partial charge in [-0.25, -0.2) is 9.97 Å². The molecule has 1 unspecified atom stereocenters. The Morgan fingerprint density at radius 2 is 1.65 bits per heavy atom. The lowest BCUT2D eigenvalue weighted by Crippen LogP contribution is -2.37. The van der Waals surface area contributed by atoms with Gasteiger partial charge in [0.05, 0.1) is 17.4 Å². The van der Waals surface area contributed by atoms with E-state index in [1.807, 2.05) is 4.90 Å². The zero-order valence-electron chi connectivity index (χ0n) is 19.0. The van der Waals surface area contributed by atoms with Gasteiger partial charge in [-0.1, -0.05) is 30.3 Å². The Bertz CT molecular complexity index is 1430. The molecule has 6 nitrogen and oxygen atoms in total. The maximum absolute atomic E-state index is 14.4. The van der Waals surface area contributed by atoms with Gasteiger partial charge in [-0.05, 0) is 36.2 Å². The lowest BCUT2D eigenvalue weighted by molar-refractivity contribution is -0.156. The van der Waals surface area contributed by atoms with E-state index < -0.39 is 41.2 Å². The predicted octanol–water partition coefficient (Wildman–Crippen LogP) is 6.06. The number of carbonyl (C=O) groups excluding carboxylic acids is 1. The maximum atomic E-state index is 14.4. The number of rotatable bonds is 5. The van der Waals surface area contributed by atoms with Crippen molar-refractivity contribution in [1.29, 1.82) is 0 Å². The van der Waals surface area contributed by atoms with Gasteiger partial charge in [-0.15, -0.1) is 0 Å². The largest absolute Gasteiger partial charge is 0.417 e. The third kappa shape index (κ3) is 4.83. The number of nitrogens with zero attached hydrogens (tertiary/aromatic N) is 4. The van der Waals surface area contributed by atoms with Crippen molar-refractivity contribution in [2.24, 2.45) is 0 Å². The van der Waals surface area contributed by atoms with Gasteiger partial charge in [0.1, 0.15) is 17.2 Å². The van der Waals surface area contributed by atoms with Gasteiger partial charge < -0.3 is 14.8 Å². The van der Waals surface area contributed by atoms with E-state index >= 15 is 0 Å². The van der Waals surface area contributed by atoms with Gasteiger partial charge in [0, 0.05) is 24.7 Å². The number of hydrogen-bond donors (Lipinski definition) is 1. The summed E-state index contributed by atoms with van der Waals surface area (Å²) in [5, 5.41) is 2.25. The van der Waals surface area contributed by atoms with Crippen molar-refractivity contribution in [3.63, 3.8) is 0 Å². The fourth-order valence-electron chi connectivity index (χ4n) is 4.21. The van der Waals surface area contributed by atoms with E-state index in [2.05, 4.69) is 15.3 Å². The van der Waals surface area contributed by atoms with Gasteiger partial charge in [0.25, 0.3) is 5.91 Å². The van der Waals surface area contributed by atoms with Crippen LogP contribution in [0, 0.1) is 0 Å². The number of halogens is 6. The average Bonchev–Trinajstić information content (AvgIpc) is 3.17. The molecule has 4 heterocycles. The van der Waals surface area contributed by atoms with Crippen LogP contribution in [0.3, 0.4) is 0 Å². The first-order valence-corrected chi connectivity index (χ1v) is 11.2. The van der Waals surface area contributed by atoms with Crippen LogP contribution in [-0.2, 0) is 6.18 Å². The summed E-state index contributed by atoms with van der Waals surface area (Å²) in [7, 11) is 0. The van der Waals surface area contributed by atoms with E-state index in [1.165, 1.54) is 36.5 Å². The number of amides is 1. The summed E-state index contributed by atoms with van der Waals surface area (Å²) in [6, 6.07) is 9.32. The molecule has 1 amide bonds. The fourth-order valence-corrected chi connectivity index (χ4v) is 4.21. The smallest absolute Gasteiger partial charge is 0.356 e. The Hall–Kier alpha value is -4.09. The number of benzene rings is 1. The molecule has 0 saturated carbocycles. The molecule has 1 aromatic carbocycles. The standard InChI is InChI=1S/C25H19F6N5O/c26-24(27,28)17-11-16-12-19(23(37)34-18-7-8-20(32-14-18)35-9-4-10-35)36(22(16)33-13-17)21(25(29,30)31)15-5-2-1-3-6-15/h1-3,5-8,11-14,21H,4,9-10H2,(H,34,37). The number of aromatic nitrogens is 3. The van der Waals surface area contributed by atoms with Gasteiger partial charge in [0.2, 0.25) is 0 Å². The van der Waals surface area contributed by atoms with Gasteiger partial charge in [-0.3, -0.25) is 4.79 Å². The highest BCUT2D eigenvalue weighted by Crippen LogP contribution is 2.40.